The first kappa shape index (κ1) is 28.3. The number of allylic oxidation sites excluding steroid dienone is 1. The quantitative estimate of drug-likeness (QED) is 0.0788. The van der Waals surface area contributed by atoms with Crippen molar-refractivity contribution in [1.82, 2.24) is 0 Å². The average Bonchev–Trinajstić information content (AvgIpc) is 2.77. The molecule has 0 atom stereocenters. The lowest BCUT2D eigenvalue weighted by molar-refractivity contribution is -0.151. The second-order valence-corrected chi connectivity index (χ2v) is 9.50. The number of halogens is 10. The van der Waals surface area contributed by atoms with Crippen molar-refractivity contribution in [3.63, 3.8) is 0 Å². The summed E-state index contributed by atoms with van der Waals surface area (Å²) in [6.45, 7) is 3.49. The van der Waals surface area contributed by atoms with Gasteiger partial charge in [-0.05, 0) is 6.42 Å². The Balaban J connectivity index is 2.41. The largest absolute Gasteiger partial charge is 0.423 e. The summed E-state index contributed by atoms with van der Waals surface area (Å²) >= 11 is 59.8. The Bertz CT molecular complexity index is 990. The fourth-order valence-corrected chi connectivity index (χ4v) is 4.54. The first-order valence-corrected chi connectivity index (χ1v) is 11.7. The van der Waals surface area contributed by atoms with E-state index >= 15 is 0 Å². The topological polar surface area (TPSA) is 52.6 Å². The molecule has 172 valence electrons. The van der Waals surface area contributed by atoms with Crippen molar-refractivity contribution in [2.45, 2.75) is 6.42 Å². The molecule has 0 aromatic heterocycles. The number of carbonyl (C=O) groups excluding carboxylic acids is 2. The second kappa shape index (κ2) is 11.6. The van der Waals surface area contributed by atoms with Gasteiger partial charge < -0.3 is 9.47 Å². The van der Waals surface area contributed by atoms with Gasteiger partial charge in [-0.2, -0.15) is 0 Å². The predicted molar refractivity (Wildman–Crippen MR) is 133 cm³/mol. The molecular formula is C18H6Cl10O4. The Morgan fingerprint density at radius 2 is 0.844 bits per heavy atom. The monoisotopic (exact) mass is 636 g/mol. The highest BCUT2D eigenvalue weighted by Crippen LogP contribution is 2.49. The van der Waals surface area contributed by atoms with Crippen molar-refractivity contribution in [1.29, 1.82) is 0 Å². The van der Waals surface area contributed by atoms with Crippen molar-refractivity contribution < 1.29 is 19.1 Å². The van der Waals surface area contributed by atoms with Crippen LogP contribution in [-0.2, 0) is 9.59 Å². The van der Waals surface area contributed by atoms with E-state index in [4.69, 9.17) is 125 Å². The van der Waals surface area contributed by atoms with Gasteiger partial charge in [0.1, 0.15) is 20.1 Å². The van der Waals surface area contributed by atoms with E-state index in [0.29, 0.717) is 0 Å². The molecule has 4 nitrogen and oxygen atoms in total. The van der Waals surface area contributed by atoms with E-state index < -0.39 is 29.4 Å². The van der Waals surface area contributed by atoms with Crippen LogP contribution in [0.4, 0.5) is 0 Å². The smallest absolute Gasteiger partial charge is 0.326 e. The molecule has 2 aromatic carbocycles. The van der Waals surface area contributed by atoms with Crippen molar-refractivity contribution in [3.05, 3.63) is 62.9 Å². The molecule has 0 fully saturated rings. The molecule has 0 saturated heterocycles. The highest BCUT2D eigenvalue weighted by molar-refractivity contribution is 6.56. The zero-order valence-corrected chi connectivity index (χ0v) is 22.5. The minimum absolute atomic E-state index is 0.147. The third-order valence-electron chi connectivity index (χ3n) is 3.72. The summed E-state index contributed by atoms with van der Waals surface area (Å²) in [7, 11) is 0. The van der Waals surface area contributed by atoms with Crippen LogP contribution >= 0.6 is 116 Å². The Labute approximate surface area is 232 Å². The van der Waals surface area contributed by atoms with Crippen molar-refractivity contribution in [3.8, 4) is 11.5 Å². The molecule has 0 radical (unpaired) electrons. The summed E-state index contributed by atoms with van der Waals surface area (Å²) in [5, 5.41) is -2.33. The first-order valence-electron chi connectivity index (χ1n) is 7.92. The van der Waals surface area contributed by atoms with Gasteiger partial charge in [0, 0.05) is 0 Å². The lowest BCUT2D eigenvalue weighted by Gasteiger charge is -2.18. The Hall–Kier alpha value is 0.0200. The van der Waals surface area contributed by atoms with Gasteiger partial charge in [-0.3, -0.25) is 9.59 Å². The minimum Gasteiger partial charge on any atom is -0.423 e. The fourth-order valence-electron chi connectivity index (χ4n) is 2.15. The standard InChI is InChI=1S/C18H6Cl10O4/c1-2-3-4(17(29)31-15-11(25)7(21)5(19)8(22)12(15)26)18(30)32-16-13(27)9(23)6(20)10(24)14(16)28/h2,4H,1,3H2. The molecule has 0 spiro atoms. The minimum atomic E-state index is -1.56. The number of benzene rings is 2. The van der Waals surface area contributed by atoms with Gasteiger partial charge in [-0.15, -0.1) is 6.58 Å². The lowest BCUT2D eigenvalue weighted by atomic mass is 10.1. The Morgan fingerprint density at radius 1 is 0.594 bits per heavy atom. The maximum Gasteiger partial charge on any atom is 0.326 e. The van der Waals surface area contributed by atoms with Crippen molar-refractivity contribution in [2.75, 3.05) is 0 Å². The van der Waals surface area contributed by atoms with E-state index in [1.807, 2.05) is 0 Å². The van der Waals surface area contributed by atoms with Crippen molar-refractivity contribution >= 4 is 128 Å². The average molecular weight is 641 g/mol. The van der Waals surface area contributed by atoms with E-state index in [1.165, 1.54) is 6.08 Å². The van der Waals surface area contributed by atoms with E-state index in [9.17, 15) is 9.59 Å². The van der Waals surface area contributed by atoms with Gasteiger partial charge in [0.15, 0.2) is 17.4 Å². The van der Waals surface area contributed by atoms with Crippen molar-refractivity contribution in [2.24, 2.45) is 5.92 Å². The number of hydrogen-bond acceptors (Lipinski definition) is 4. The van der Waals surface area contributed by atoms with Gasteiger partial charge in [-0.1, -0.05) is 122 Å². The molecule has 0 aliphatic carbocycles. The van der Waals surface area contributed by atoms with Crippen LogP contribution in [0.2, 0.25) is 50.2 Å². The van der Waals surface area contributed by atoms with Gasteiger partial charge >= 0.3 is 11.9 Å². The summed E-state index contributed by atoms with van der Waals surface area (Å²) in [6, 6.07) is 0. The van der Waals surface area contributed by atoms with Gasteiger partial charge in [0.05, 0.1) is 30.1 Å². The predicted octanol–water partition coefficient (Wildman–Crippen LogP) is 9.92. The summed E-state index contributed by atoms with van der Waals surface area (Å²) in [6.07, 6.45) is 1.05. The molecule has 0 unspecified atom stereocenters. The third-order valence-corrected chi connectivity index (χ3v) is 8.20. The highest BCUT2D eigenvalue weighted by Gasteiger charge is 2.34. The number of rotatable bonds is 6. The van der Waals surface area contributed by atoms with E-state index in [2.05, 4.69) is 6.58 Å². The molecule has 0 heterocycles. The molecule has 32 heavy (non-hydrogen) atoms. The number of esters is 2. The fraction of sp³-hybridized carbons (Fsp3) is 0.111. The SMILES string of the molecule is C=CCC(C(=O)Oc1c(Cl)c(Cl)c(Cl)c(Cl)c1Cl)C(=O)Oc1c(Cl)c(Cl)c(Cl)c(Cl)c1Cl. The van der Waals surface area contributed by atoms with E-state index in [1.54, 1.807) is 0 Å². The van der Waals surface area contributed by atoms with E-state index in [0.717, 1.165) is 0 Å². The van der Waals surface area contributed by atoms with Crippen LogP contribution in [0.15, 0.2) is 12.7 Å². The molecule has 0 aliphatic heterocycles. The molecular weight excluding hydrogens is 635 g/mol. The van der Waals surface area contributed by atoms with Crippen LogP contribution in [0.3, 0.4) is 0 Å². The van der Waals surface area contributed by atoms with Gasteiger partial charge in [0.2, 0.25) is 0 Å². The zero-order valence-electron chi connectivity index (χ0n) is 15.0. The van der Waals surface area contributed by atoms with Gasteiger partial charge in [0.25, 0.3) is 0 Å². The molecule has 0 amide bonds. The zero-order chi connectivity index (χ0) is 24.5. The molecule has 0 aliphatic rings. The van der Waals surface area contributed by atoms with E-state index in [-0.39, 0.29) is 56.6 Å². The molecule has 2 aromatic rings. The van der Waals surface area contributed by atoms with Crippen LogP contribution < -0.4 is 9.47 Å². The summed E-state index contributed by atoms with van der Waals surface area (Å²) < 4.78 is 10.4. The molecule has 14 heteroatoms. The third kappa shape index (κ3) is 5.63. The maximum absolute atomic E-state index is 12.8. The number of ether oxygens (including phenoxy) is 2. The number of hydrogen-bond donors (Lipinski definition) is 0. The molecule has 0 N–H and O–H groups in total. The summed E-state index contributed by atoms with van der Waals surface area (Å²) in [5.41, 5.74) is 0. The highest BCUT2D eigenvalue weighted by atomic mass is 35.5. The summed E-state index contributed by atoms with van der Waals surface area (Å²) in [4.78, 5) is 25.5. The van der Waals surface area contributed by atoms with Crippen LogP contribution in [0, 0.1) is 5.92 Å². The molecule has 0 saturated carbocycles. The Morgan fingerprint density at radius 3 is 1.09 bits per heavy atom. The lowest BCUT2D eigenvalue weighted by Crippen LogP contribution is -2.31. The molecule has 0 bridgehead atoms. The van der Waals surface area contributed by atoms with Crippen LogP contribution in [0.1, 0.15) is 6.42 Å². The van der Waals surface area contributed by atoms with Crippen LogP contribution in [0.5, 0.6) is 11.5 Å². The molecule has 2 rings (SSSR count). The Kier molecular flexibility index (Phi) is 10.3. The van der Waals surface area contributed by atoms with Gasteiger partial charge in [-0.25, -0.2) is 0 Å². The maximum atomic E-state index is 12.8. The summed E-state index contributed by atoms with van der Waals surface area (Å²) in [5.74, 6) is -4.65. The second-order valence-electron chi connectivity index (χ2n) is 5.72. The van der Waals surface area contributed by atoms with Crippen LogP contribution in [-0.4, -0.2) is 11.9 Å². The number of carbonyl (C=O) groups is 2. The van der Waals surface area contributed by atoms with Crippen LogP contribution in [0.25, 0.3) is 0 Å². The normalized spacial score (nSPS) is 11.0. The first-order chi connectivity index (χ1) is 14.8.